The Kier molecular flexibility index (Phi) is 5.30. The van der Waals surface area contributed by atoms with Crippen LogP contribution in [-0.4, -0.2) is 23.8 Å². The highest BCUT2D eigenvalue weighted by Crippen LogP contribution is 2.38. The second-order valence-electron chi connectivity index (χ2n) is 7.91. The van der Waals surface area contributed by atoms with Gasteiger partial charge in [0.2, 0.25) is 0 Å². The van der Waals surface area contributed by atoms with Gasteiger partial charge in [-0.05, 0) is 55.8 Å². The number of hydrogen-bond acceptors (Lipinski definition) is 2. The standard InChI is InChI=1S/C17H33NO/c1-17(2,3)14-8-10-15(11-9-14)18-16-7-5-4-6-13(16)12-19/h13-16,18-19H,4-12H2,1-3H3. The molecule has 0 amide bonds. The Morgan fingerprint density at radius 2 is 1.58 bits per heavy atom. The molecule has 2 aliphatic rings. The van der Waals surface area contributed by atoms with E-state index in [1.807, 2.05) is 0 Å². The number of aliphatic hydroxyl groups is 1. The lowest BCUT2D eigenvalue weighted by Crippen LogP contribution is -2.47. The lowest BCUT2D eigenvalue weighted by Gasteiger charge is -2.40. The molecule has 2 atom stereocenters. The van der Waals surface area contributed by atoms with Crippen LogP contribution >= 0.6 is 0 Å². The second-order valence-corrected chi connectivity index (χ2v) is 7.91. The second kappa shape index (κ2) is 6.58. The van der Waals surface area contributed by atoms with E-state index in [2.05, 4.69) is 26.1 Å². The van der Waals surface area contributed by atoms with E-state index >= 15 is 0 Å². The molecule has 0 spiro atoms. The zero-order valence-electron chi connectivity index (χ0n) is 13.1. The van der Waals surface area contributed by atoms with E-state index in [4.69, 9.17) is 0 Å². The summed E-state index contributed by atoms with van der Waals surface area (Å²) in [5.41, 5.74) is 0.476. The van der Waals surface area contributed by atoms with E-state index in [-0.39, 0.29) is 0 Å². The van der Waals surface area contributed by atoms with Crippen molar-refractivity contribution in [2.24, 2.45) is 17.3 Å². The molecule has 2 saturated carbocycles. The smallest absolute Gasteiger partial charge is 0.0474 e. The first kappa shape index (κ1) is 15.3. The summed E-state index contributed by atoms with van der Waals surface area (Å²) in [7, 11) is 0. The van der Waals surface area contributed by atoms with Crippen molar-refractivity contribution in [3.05, 3.63) is 0 Å². The minimum Gasteiger partial charge on any atom is -0.396 e. The third-order valence-corrected chi connectivity index (χ3v) is 5.55. The van der Waals surface area contributed by atoms with E-state index in [0.29, 0.717) is 30.0 Å². The topological polar surface area (TPSA) is 32.3 Å². The van der Waals surface area contributed by atoms with Gasteiger partial charge in [-0.1, -0.05) is 33.6 Å². The molecule has 2 unspecified atom stereocenters. The average Bonchev–Trinajstić information content (AvgIpc) is 2.39. The Morgan fingerprint density at radius 3 is 2.16 bits per heavy atom. The molecule has 2 aliphatic carbocycles. The van der Waals surface area contributed by atoms with Crippen LogP contribution in [0.2, 0.25) is 0 Å². The zero-order chi connectivity index (χ0) is 13.9. The third-order valence-electron chi connectivity index (χ3n) is 5.55. The highest BCUT2D eigenvalue weighted by molar-refractivity contribution is 4.88. The fraction of sp³-hybridized carbons (Fsp3) is 1.00. The van der Waals surface area contributed by atoms with Gasteiger partial charge in [0, 0.05) is 18.7 Å². The van der Waals surface area contributed by atoms with Crippen LogP contribution in [-0.2, 0) is 0 Å². The predicted octanol–water partition coefficient (Wildman–Crippen LogP) is 3.73. The summed E-state index contributed by atoms with van der Waals surface area (Å²) >= 11 is 0. The van der Waals surface area contributed by atoms with Crippen molar-refractivity contribution in [3.8, 4) is 0 Å². The normalized spacial score (nSPS) is 37.3. The SMILES string of the molecule is CC(C)(C)C1CCC(NC2CCCCC2CO)CC1. The van der Waals surface area contributed by atoms with Gasteiger partial charge < -0.3 is 10.4 Å². The Hall–Kier alpha value is -0.0800. The maximum absolute atomic E-state index is 9.50. The van der Waals surface area contributed by atoms with Crippen LogP contribution in [0.3, 0.4) is 0 Å². The van der Waals surface area contributed by atoms with Crippen LogP contribution < -0.4 is 5.32 Å². The molecular formula is C17H33NO. The summed E-state index contributed by atoms with van der Waals surface area (Å²) in [5, 5.41) is 13.4. The predicted molar refractivity (Wildman–Crippen MR) is 81.2 cm³/mol. The molecular weight excluding hydrogens is 234 g/mol. The number of nitrogens with one attached hydrogen (secondary N) is 1. The summed E-state index contributed by atoms with van der Waals surface area (Å²) in [6.07, 6.45) is 10.5. The Morgan fingerprint density at radius 1 is 0.947 bits per heavy atom. The lowest BCUT2D eigenvalue weighted by molar-refractivity contribution is 0.120. The van der Waals surface area contributed by atoms with Gasteiger partial charge in [0.1, 0.15) is 0 Å². The Labute approximate surface area is 119 Å². The lowest BCUT2D eigenvalue weighted by atomic mass is 9.71. The highest BCUT2D eigenvalue weighted by Gasteiger charge is 2.32. The summed E-state index contributed by atoms with van der Waals surface area (Å²) in [4.78, 5) is 0. The Bertz CT molecular complexity index is 263. The number of hydrogen-bond donors (Lipinski definition) is 2. The number of rotatable bonds is 3. The highest BCUT2D eigenvalue weighted by atomic mass is 16.3. The first-order valence-electron chi connectivity index (χ1n) is 8.37. The molecule has 0 heterocycles. The zero-order valence-corrected chi connectivity index (χ0v) is 13.1. The molecule has 0 aromatic carbocycles. The molecule has 112 valence electrons. The van der Waals surface area contributed by atoms with Crippen molar-refractivity contribution in [1.29, 1.82) is 0 Å². The van der Waals surface area contributed by atoms with Crippen molar-refractivity contribution in [3.63, 3.8) is 0 Å². The van der Waals surface area contributed by atoms with E-state index in [0.717, 1.165) is 5.92 Å². The molecule has 2 fully saturated rings. The monoisotopic (exact) mass is 267 g/mol. The molecule has 0 saturated heterocycles. The van der Waals surface area contributed by atoms with Gasteiger partial charge in [0.15, 0.2) is 0 Å². The quantitative estimate of drug-likeness (QED) is 0.816. The molecule has 2 rings (SSSR count). The van der Waals surface area contributed by atoms with E-state index in [1.54, 1.807) is 0 Å². The van der Waals surface area contributed by atoms with Gasteiger partial charge in [0.25, 0.3) is 0 Å². The molecule has 2 nitrogen and oxygen atoms in total. The van der Waals surface area contributed by atoms with Crippen LogP contribution in [0.25, 0.3) is 0 Å². The minimum absolute atomic E-state index is 0.370. The maximum atomic E-state index is 9.50. The van der Waals surface area contributed by atoms with E-state index < -0.39 is 0 Å². The minimum atomic E-state index is 0.370. The van der Waals surface area contributed by atoms with E-state index in [9.17, 15) is 5.11 Å². The molecule has 0 bridgehead atoms. The van der Waals surface area contributed by atoms with Crippen LogP contribution in [0.1, 0.15) is 72.1 Å². The summed E-state index contributed by atoms with van der Waals surface area (Å²) in [6.45, 7) is 7.52. The van der Waals surface area contributed by atoms with Gasteiger partial charge >= 0.3 is 0 Å². The molecule has 19 heavy (non-hydrogen) atoms. The van der Waals surface area contributed by atoms with Gasteiger partial charge in [0.05, 0.1) is 0 Å². The molecule has 2 N–H and O–H groups in total. The van der Waals surface area contributed by atoms with Gasteiger partial charge in [-0.15, -0.1) is 0 Å². The van der Waals surface area contributed by atoms with Crippen LogP contribution in [0.15, 0.2) is 0 Å². The first-order chi connectivity index (χ1) is 9.00. The molecule has 2 heteroatoms. The van der Waals surface area contributed by atoms with Crippen LogP contribution in [0.5, 0.6) is 0 Å². The fourth-order valence-electron chi connectivity index (χ4n) is 4.07. The van der Waals surface area contributed by atoms with Gasteiger partial charge in [-0.2, -0.15) is 0 Å². The van der Waals surface area contributed by atoms with Gasteiger partial charge in [-0.25, -0.2) is 0 Å². The molecule has 0 aromatic rings. The summed E-state index contributed by atoms with van der Waals surface area (Å²) in [6, 6.07) is 1.28. The van der Waals surface area contributed by atoms with Crippen molar-refractivity contribution in [2.75, 3.05) is 6.61 Å². The maximum Gasteiger partial charge on any atom is 0.0474 e. The van der Waals surface area contributed by atoms with Crippen molar-refractivity contribution >= 4 is 0 Å². The van der Waals surface area contributed by atoms with Gasteiger partial charge in [-0.3, -0.25) is 0 Å². The molecule has 0 aliphatic heterocycles. The first-order valence-corrected chi connectivity index (χ1v) is 8.37. The van der Waals surface area contributed by atoms with Crippen LogP contribution in [0, 0.1) is 17.3 Å². The largest absolute Gasteiger partial charge is 0.396 e. The molecule has 0 radical (unpaired) electrons. The summed E-state index contributed by atoms with van der Waals surface area (Å²) < 4.78 is 0. The Balaban J connectivity index is 1.78. The van der Waals surface area contributed by atoms with Crippen molar-refractivity contribution in [1.82, 2.24) is 5.32 Å². The molecule has 0 aromatic heterocycles. The van der Waals surface area contributed by atoms with E-state index in [1.165, 1.54) is 51.4 Å². The van der Waals surface area contributed by atoms with Crippen molar-refractivity contribution in [2.45, 2.75) is 84.2 Å². The fourth-order valence-corrected chi connectivity index (χ4v) is 4.07. The average molecular weight is 267 g/mol. The number of aliphatic hydroxyl groups excluding tert-OH is 1. The van der Waals surface area contributed by atoms with Crippen LogP contribution in [0.4, 0.5) is 0 Å². The third kappa shape index (κ3) is 4.19. The summed E-state index contributed by atoms with van der Waals surface area (Å²) in [5.74, 6) is 1.40. The van der Waals surface area contributed by atoms with Crippen molar-refractivity contribution < 1.29 is 5.11 Å².